The second-order valence-corrected chi connectivity index (χ2v) is 13.8. The summed E-state index contributed by atoms with van der Waals surface area (Å²) in [5.74, 6) is -0.296. The van der Waals surface area contributed by atoms with Crippen molar-refractivity contribution in [3.05, 3.63) is 117 Å². The zero-order valence-electron chi connectivity index (χ0n) is 28.6. The number of carbonyl (C=O) groups excluding carboxylic acids is 2. The molecule has 0 radical (unpaired) electrons. The molecule has 2 aliphatic rings. The van der Waals surface area contributed by atoms with Gasteiger partial charge in [0.15, 0.2) is 11.6 Å². The van der Waals surface area contributed by atoms with E-state index in [0.29, 0.717) is 18.4 Å². The number of aliphatic hydroxyl groups is 2. The summed E-state index contributed by atoms with van der Waals surface area (Å²) in [6.45, 7) is 20.3. The van der Waals surface area contributed by atoms with E-state index in [1.165, 1.54) is 11.1 Å². The van der Waals surface area contributed by atoms with E-state index in [2.05, 4.69) is 84.9 Å². The number of carbonyl (C=O) groups is 2. The second kappa shape index (κ2) is 16.1. The van der Waals surface area contributed by atoms with Crippen molar-refractivity contribution >= 4 is 11.6 Å². The monoisotopic (exact) mass is 598 g/mol. The Morgan fingerprint density at radius 1 is 0.682 bits per heavy atom. The van der Waals surface area contributed by atoms with E-state index in [0.717, 1.165) is 40.7 Å². The first kappa shape index (κ1) is 36.8. The third-order valence-corrected chi connectivity index (χ3v) is 8.72. The Hall–Kier alpha value is -3.34. The van der Waals surface area contributed by atoms with Crippen LogP contribution in [0.4, 0.5) is 0 Å². The fourth-order valence-corrected chi connectivity index (χ4v) is 5.98. The quantitative estimate of drug-likeness (QED) is 0.233. The van der Waals surface area contributed by atoms with Crippen LogP contribution >= 0.6 is 0 Å². The smallest absolute Gasteiger partial charge is 0.187 e. The van der Waals surface area contributed by atoms with Crippen LogP contribution in [-0.4, -0.2) is 34.0 Å². The van der Waals surface area contributed by atoms with Gasteiger partial charge in [-0.3, -0.25) is 9.59 Å². The van der Waals surface area contributed by atoms with Gasteiger partial charge in [-0.1, -0.05) is 128 Å². The largest absolute Gasteiger partial charge is 0.385 e. The molecule has 2 N–H and O–H groups in total. The van der Waals surface area contributed by atoms with E-state index in [4.69, 9.17) is 0 Å². The molecule has 0 heterocycles. The van der Waals surface area contributed by atoms with Crippen LogP contribution in [0.5, 0.6) is 0 Å². The normalized spacial score (nSPS) is 24.4. The number of hydrogen-bond acceptors (Lipinski definition) is 4. The molecule has 0 fully saturated rings. The molecule has 0 aromatic heterocycles. The summed E-state index contributed by atoms with van der Waals surface area (Å²) >= 11 is 0. The highest BCUT2D eigenvalue weighted by Gasteiger charge is 2.38. The molecule has 0 aliphatic heterocycles. The first-order valence-corrected chi connectivity index (χ1v) is 15.7. The molecule has 2 atom stereocenters. The van der Waals surface area contributed by atoms with Crippen LogP contribution in [0.3, 0.4) is 0 Å². The Balaban J connectivity index is 1.90. The molecule has 0 saturated carbocycles. The van der Waals surface area contributed by atoms with Gasteiger partial charge in [0.05, 0.1) is 0 Å². The summed E-state index contributed by atoms with van der Waals surface area (Å²) in [4.78, 5) is 24.5. The van der Waals surface area contributed by atoms with Crippen LogP contribution in [0.1, 0.15) is 94.9 Å². The summed E-state index contributed by atoms with van der Waals surface area (Å²) < 4.78 is 0. The number of allylic oxidation sites excluding steroid dienone is 18. The number of Topliss-reactive ketones (excluding diaryl/α,β-unsaturated/α-hetero) is 2. The van der Waals surface area contributed by atoms with Gasteiger partial charge in [0.25, 0.3) is 0 Å². The Morgan fingerprint density at radius 2 is 1.14 bits per heavy atom. The summed E-state index contributed by atoms with van der Waals surface area (Å²) in [7, 11) is 0. The Labute approximate surface area is 266 Å². The van der Waals surface area contributed by atoms with Gasteiger partial charge < -0.3 is 10.2 Å². The third-order valence-electron chi connectivity index (χ3n) is 8.72. The van der Waals surface area contributed by atoms with Crippen molar-refractivity contribution in [2.75, 3.05) is 0 Å². The molecule has 0 amide bonds. The molecule has 0 unspecified atom stereocenters. The molecule has 4 heteroatoms. The highest BCUT2D eigenvalue weighted by Crippen LogP contribution is 2.42. The molecule has 4 nitrogen and oxygen atoms in total. The zero-order chi connectivity index (χ0) is 33.2. The van der Waals surface area contributed by atoms with Crippen molar-refractivity contribution < 1.29 is 19.8 Å². The lowest BCUT2D eigenvalue weighted by Gasteiger charge is -2.36. The number of aliphatic hydroxyl groups excluding tert-OH is 2. The minimum atomic E-state index is -0.904. The van der Waals surface area contributed by atoms with Gasteiger partial charge in [0.1, 0.15) is 12.2 Å². The van der Waals surface area contributed by atoms with Crippen LogP contribution in [0.15, 0.2) is 117 Å². The van der Waals surface area contributed by atoms with E-state index in [1.807, 2.05) is 50.3 Å². The first-order valence-electron chi connectivity index (χ1n) is 15.7. The molecule has 2 rings (SSSR count). The molecule has 44 heavy (non-hydrogen) atoms. The number of ketones is 2. The highest BCUT2D eigenvalue weighted by molar-refractivity contribution is 6.01. The molecule has 0 aromatic carbocycles. The molecular formula is C40H54O4. The predicted molar refractivity (Wildman–Crippen MR) is 185 cm³/mol. The van der Waals surface area contributed by atoms with E-state index in [9.17, 15) is 19.8 Å². The van der Waals surface area contributed by atoms with Crippen molar-refractivity contribution in [2.45, 2.75) is 107 Å². The summed E-state index contributed by atoms with van der Waals surface area (Å²) in [5, 5.41) is 20.1. The van der Waals surface area contributed by atoms with Gasteiger partial charge in [0, 0.05) is 0 Å². The first-order chi connectivity index (χ1) is 20.5. The van der Waals surface area contributed by atoms with Crippen molar-refractivity contribution in [1.29, 1.82) is 0 Å². The third kappa shape index (κ3) is 10.7. The van der Waals surface area contributed by atoms with Gasteiger partial charge in [-0.2, -0.15) is 0 Å². The molecule has 0 aromatic rings. The van der Waals surface area contributed by atoms with Gasteiger partial charge in [-0.25, -0.2) is 0 Å². The van der Waals surface area contributed by atoms with E-state index in [1.54, 1.807) is 6.92 Å². The molecule has 0 bridgehead atoms. The van der Waals surface area contributed by atoms with E-state index < -0.39 is 12.2 Å². The average molecular weight is 599 g/mol. The lowest BCUT2D eigenvalue weighted by Crippen LogP contribution is -2.36. The van der Waals surface area contributed by atoms with Gasteiger partial charge >= 0.3 is 0 Å². The Bertz CT molecular complexity index is 1410. The van der Waals surface area contributed by atoms with Crippen LogP contribution in [0.25, 0.3) is 0 Å². The average Bonchev–Trinajstić information content (AvgIpc) is 2.92. The lowest BCUT2D eigenvalue weighted by molar-refractivity contribution is -0.126. The molecule has 238 valence electrons. The standard InChI is InChI=1S/C40H54O4/c1-27(17-13-19-29(3)21-23-33-31(5)37(43)35(41)25-39(33,7)8)15-11-12-16-28(2)18-14-20-30(4)22-24-34-32(6)38(44)36(42)26-40(34,9)10/h11-21,23,35-36,41-42H,22,24-26H2,1-10H3/b12-11+,17-13+,18-14+,23-21+,27-15+,28-16+,29-19+,30-20+/t35-,36+/m1/s1. The van der Waals surface area contributed by atoms with Crippen LogP contribution in [-0.2, 0) is 9.59 Å². The van der Waals surface area contributed by atoms with Crippen LogP contribution in [0.2, 0.25) is 0 Å². The van der Waals surface area contributed by atoms with Crippen molar-refractivity contribution in [3.63, 3.8) is 0 Å². The fourth-order valence-electron chi connectivity index (χ4n) is 5.98. The highest BCUT2D eigenvalue weighted by atomic mass is 16.3. The second-order valence-electron chi connectivity index (χ2n) is 13.8. The molecule has 0 saturated heterocycles. The number of hydrogen-bond donors (Lipinski definition) is 2. The topological polar surface area (TPSA) is 74.6 Å². The summed E-state index contributed by atoms with van der Waals surface area (Å²) in [6.07, 6.45) is 25.5. The molecule has 2 aliphatic carbocycles. The minimum Gasteiger partial charge on any atom is -0.385 e. The molecular weight excluding hydrogens is 544 g/mol. The predicted octanol–water partition coefficient (Wildman–Crippen LogP) is 9.13. The zero-order valence-corrected chi connectivity index (χ0v) is 28.6. The van der Waals surface area contributed by atoms with Crippen molar-refractivity contribution in [1.82, 2.24) is 0 Å². The molecule has 0 spiro atoms. The summed E-state index contributed by atoms with van der Waals surface area (Å²) in [6, 6.07) is 0. The maximum atomic E-state index is 12.3. The van der Waals surface area contributed by atoms with Gasteiger partial charge in [-0.05, 0) is 94.8 Å². The van der Waals surface area contributed by atoms with Gasteiger partial charge in [-0.15, -0.1) is 0 Å². The number of rotatable bonds is 11. The van der Waals surface area contributed by atoms with Gasteiger partial charge in [0.2, 0.25) is 0 Å². The maximum absolute atomic E-state index is 12.3. The lowest BCUT2D eigenvalue weighted by atomic mass is 9.69. The minimum absolute atomic E-state index is 0.124. The van der Waals surface area contributed by atoms with Crippen molar-refractivity contribution in [3.8, 4) is 0 Å². The van der Waals surface area contributed by atoms with E-state index in [-0.39, 0.29) is 22.4 Å². The SMILES string of the molecule is CC1=C(/C=C/C(C)=C/C=C/C(C)=C/C=C/C=C(C)/C=C/C=C(\C)CCC2=C(C)C(=O)[C@@H](O)CC2(C)C)C(C)(C)C[C@@H](O)C1=O. The Kier molecular flexibility index (Phi) is 13.5. The Morgan fingerprint density at radius 3 is 1.70 bits per heavy atom. The van der Waals surface area contributed by atoms with Crippen molar-refractivity contribution in [2.24, 2.45) is 10.8 Å². The van der Waals surface area contributed by atoms with Crippen LogP contribution < -0.4 is 0 Å². The van der Waals surface area contributed by atoms with E-state index >= 15 is 0 Å². The van der Waals surface area contributed by atoms with Crippen LogP contribution in [0, 0.1) is 10.8 Å². The summed E-state index contributed by atoms with van der Waals surface area (Å²) in [5.41, 5.74) is 7.74. The maximum Gasteiger partial charge on any atom is 0.187 e. The fraction of sp³-hybridized carbons (Fsp3) is 0.450.